The molecule has 112 valence electrons. The number of hydrogen-bond donors (Lipinski definition) is 1. The Hall–Kier alpha value is -1.43. The van der Waals surface area contributed by atoms with Crippen LogP contribution in [-0.4, -0.2) is 35.9 Å². The van der Waals surface area contributed by atoms with Crippen molar-refractivity contribution < 1.29 is 9.26 Å². The Balaban J connectivity index is 1.73. The minimum Gasteiger partial charge on any atom is -0.379 e. The summed E-state index contributed by atoms with van der Waals surface area (Å²) in [5.74, 6) is 1.41. The Morgan fingerprint density at radius 1 is 1.33 bits per heavy atom. The normalized spacial score (nSPS) is 21.8. The molecule has 2 unspecified atom stereocenters. The SMILES string of the molecule is CCNC1COCC1c1nc(Cc2ccccc2Cl)no1. The summed E-state index contributed by atoms with van der Waals surface area (Å²) in [5.41, 5.74) is 0.998. The van der Waals surface area contributed by atoms with E-state index in [1.807, 2.05) is 24.3 Å². The zero-order valence-corrected chi connectivity index (χ0v) is 12.6. The van der Waals surface area contributed by atoms with Crippen molar-refractivity contribution in [1.82, 2.24) is 15.5 Å². The van der Waals surface area contributed by atoms with E-state index in [0.29, 0.717) is 31.3 Å². The molecule has 0 saturated carbocycles. The van der Waals surface area contributed by atoms with Crippen molar-refractivity contribution in [2.24, 2.45) is 0 Å². The number of ether oxygens (including phenoxy) is 1. The van der Waals surface area contributed by atoms with Crippen molar-refractivity contribution in [3.8, 4) is 0 Å². The number of hydrogen-bond acceptors (Lipinski definition) is 5. The molecule has 0 bridgehead atoms. The Kier molecular flexibility index (Phi) is 4.53. The minimum absolute atomic E-state index is 0.123. The molecule has 6 heteroatoms. The van der Waals surface area contributed by atoms with Crippen molar-refractivity contribution in [2.75, 3.05) is 19.8 Å². The third kappa shape index (κ3) is 3.26. The lowest BCUT2D eigenvalue weighted by atomic mass is 10.0. The van der Waals surface area contributed by atoms with E-state index in [1.54, 1.807) is 0 Å². The number of nitrogens with zero attached hydrogens (tertiary/aromatic N) is 2. The van der Waals surface area contributed by atoms with Gasteiger partial charge in [0.25, 0.3) is 0 Å². The third-order valence-corrected chi connectivity index (χ3v) is 4.02. The zero-order chi connectivity index (χ0) is 14.7. The van der Waals surface area contributed by atoms with Crippen molar-refractivity contribution in [3.63, 3.8) is 0 Å². The summed E-state index contributed by atoms with van der Waals surface area (Å²) in [6, 6.07) is 7.93. The van der Waals surface area contributed by atoms with E-state index in [9.17, 15) is 0 Å². The van der Waals surface area contributed by atoms with Crippen LogP contribution in [0.15, 0.2) is 28.8 Å². The van der Waals surface area contributed by atoms with Crippen LogP contribution in [0.1, 0.15) is 30.1 Å². The average Bonchev–Trinajstić information content (AvgIpc) is 3.11. The molecule has 0 spiro atoms. The van der Waals surface area contributed by atoms with Crippen LogP contribution in [0.2, 0.25) is 5.02 Å². The molecule has 0 amide bonds. The molecule has 5 nitrogen and oxygen atoms in total. The quantitative estimate of drug-likeness (QED) is 0.919. The number of halogens is 1. The molecule has 1 aliphatic rings. The van der Waals surface area contributed by atoms with E-state index in [0.717, 1.165) is 17.1 Å². The lowest BCUT2D eigenvalue weighted by Gasteiger charge is -2.13. The molecular formula is C15H18ClN3O2. The van der Waals surface area contributed by atoms with Crippen molar-refractivity contribution in [2.45, 2.75) is 25.3 Å². The number of likely N-dealkylation sites (N-methyl/N-ethyl adjacent to an activating group) is 1. The van der Waals surface area contributed by atoms with E-state index in [-0.39, 0.29) is 12.0 Å². The molecule has 2 aromatic rings. The summed E-state index contributed by atoms with van der Waals surface area (Å²) >= 11 is 6.16. The molecule has 3 rings (SSSR count). The molecule has 1 N–H and O–H groups in total. The molecule has 1 aromatic carbocycles. The molecule has 1 aromatic heterocycles. The first-order valence-corrected chi connectivity index (χ1v) is 7.52. The lowest BCUT2D eigenvalue weighted by Crippen LogP contribution is -2.34. The van der Waals surface area contributed by atoms with Gasteiger partial charge in [-0.1, -0.05) is 41.9 Å². The first-order valence-electron chi connectivity index (χ1n) is 7.15. The van der Waals surface area contributed by atoms with Gasteiger partial charge in [-0.2, -0.15) is 4.98 Å². The standard InChI is InChI=1S/C15H18ClN3O2/c1-2-17-13-9-20-8-11(13)15-18-14(19-21-15)7-10-5-3-4-6-12(10)16/h3-6,11,13,17H,2,7-9H2,1H3. The lowest BCUT2D eigenvalue weighted by molar-refractivity contribution is 0.185. The van der Waals surface area contributed by atoms with Gasteiger partial charge in [-0.15, -0.1) is 0 Å². The fourth-order valence-corrected chi connectivity index (χ4v) is 2.77. The Bertz CT molecular complexity index is 602. The molecule has 0 radical (unpaired) electrons. The van der Waals surface area contributed by atoms with Crippen molar-refractivity contribution >= 4 is 11.6 Å². The molecule has 0 aliphatic carbocycles. The molecule has 2 heterocycles. The van der Waals surface area contributed by atoms with E-state index >= 15 is 0 Å². The second-order valence-electron chi connectivity index (χ2n) is 5.13. The number of aromatic nitrogens is 2. The van der Waals surface area contributed by atoms with Gasteiger partial charge in [0, 0.05) is 17.5 Å². The van der Waals surface area contributed by atoms with Gasteiger partial charge < -0.3 is 14.6 Å². The van der Waals surface area contributed by atoms with Crippen molar-refractivity contribution in [3.05, 3.63) is 46.6 Å². The predicted molar refractivity (Wildman–Crippen MR) is 79.6 cm³/mol. The van der Waals surface area contributed by atoms with Crippen LogP contribution in [0.5, 0.6) is 0 Å². The van der Waals surface area contributed by atoms with E-state index in [4.69, 9.17) is 20.9 Å². The second-order valence-corrected chi connectivity index (χ2v) is 5.53. The van der Waals surface area contributed by atoms with Gasteiger partial charge in [0.15, 0.2) is 5.82 Å². The van der Waals surface area contributed by atoms with Crippen LogP contribution in [-0.2, 0) is 11.2 Å². The summed E-state index contributed by atoms with van der Waals surface area (Å²) < 4.78 is 10.9. The van der Waals surface area contributed by atoms with Gasteiger partial charge >= 0.3 is 0 Å². The summed E-state index contributed by atoms with van der Waals surface area (Å²) in [6.07, 6.45) is 0.572. The molecule has 1 fully saturated rings. The highest BCUT2D eigenvalue weighted by Gasteiger charge is 2.33. The fourth-order valence-electron chi connectivity index (χ4n) is 2.56. The third-order valence-electron chi connectivity index (χ3n) is 3.65. The largest absolute Gasteiger partial charge is 0.379 e. The van der Waals surface area contributed by atoms with Gasteiger partial charge in [-0.3, -0.25) is 0 Å². The average molecular weight is 308 g/mol. The van der Waals surface area contributed by atoms with Crippen LogP contribution < -0.4 is 5.32 Å². The Morgan fingerprint density at radius 3 is 3.00 bits per heavy atom. The summed E-state index contributed by atoms with van der Waals surface area (Å²) in [5, 5.41) is 8.17. The number of rotatable bonds is 5. The number of benzene rings is 1. The fraction of sp³-hybridized carbons (Fsp3) is 0.467. The van der Waals surface area contributed by atoms with E-state index < -0.39 is 0 Å². The monoisotopic (exact) mass is 307 g/mol. The molecular weight excluding hydrogens is 290 g/mol. The van der Waals surface area contributed by atoms with Gasteiger partial charge in [-0.25, -0.2) is 0 Å². The minimum atomic E-state index is 0.123. The summed E-state index contributed by atoms with van der Waals surface area (Å²) in [6.45, 7) is 4.27. The topological polar surface area (TPSA) is 60.2 Å². The molecule has 1 saturated heterocycles. The second kappa shape index (κ2) is 6.56. The van der Waals surface area contributed by atoms with Crippen molar-refractivity contribution in [1.29, 1.82) is 0 Å². The van der Waals surface area contributed by atoms with Crippen LogP contribution >= 0.6 is 11.6 Å². The van der Waals surface area contributed by atoms with Gasteiger partial charge in [0.2, 0.25) is 5.89 Å². The maximum absolute atomic E-state index is 6.16. The predicted octanol–water partition coefficient (Wildman–Crippen LogP) is 2.41. The smallest absolute Gasteiger partial charge is 0.233 e. The van der Waals surface area contributed by atoms with Crippen LogP contribution in [0.4, 0.5) is 0 Å². The zero-order valence-electron chi connectivity index (χ0n) is 11.9. The van der Waals surface area contributed by atoms with Crippen LogP contribution in [0.25, 0.3) is 0 Å². The Morgan fingerprint density at radius 2 is 2.19 bits per heavy atom. The highest BCUT2D eigenvalue weighted by Crippen LogP contribution is 2.25. The van der Waals surface area contributed by atoms with Crippen LogP contribution in [0.3, 0.4) is 0 Å². The molecule has 21 heavy (non-hydrogen) atoms. The maximum atomic E-state index is 6.16. The van der Waals surface area contributed by atoms with Crippen LogP contribution in [0, 0.1) is 0 Å². The maximum Gasteiger partial charge on any atom is 0.233 e. The Labute approximate surface area is 128 Å². The summed E-state index contributed by atoms with van der Waals surface area (Å²) in [4.78, 5) is 4.50. The molecule has 1 aliphatic heterocycles. The van der Waals surface area contributed by atoms with Gasteiger partial charge in [0.1, 0.15) is 0 Å². The first kappa shape index (κ1) is 14.5. The first-order chi connectivity index (χ1) is 10.3. The van der Waals surface area contributed by atoms with E-state index in [1.165, 1.54) is 0 Å². The summed E-state index contributed by atoms with van der Waals surface area (Å²) in [7, 11) is 0. The molecule has 2 atom stereocenters. The highest BCUT2D eigenvalue weighted by molar-refractivity contribution is 6.31. The van der Waals surface area contributed by atoms with Gasteiger partial charge in [0.05, 0.1) is 19.1 Å². The number of nitrogens with one attached hydrogen (secondary N) is 1. The highest BCUT2D eigenvalue weighted by atomic mass is 35.5. The van der Waals surface area contributed by atoms with Gasteiger partial charge in [-0.05, 0) is 18.2 Å². The van der Waals surface area contributed by atoms with E-state index in [2.05, 4.69) is 22.4 Å².